The van der Waals surface area contributed by atoms with Gasteiger partial charge < -0.3 is 21.5 Å². The predicted octanol–water partition coefficient (Wildman–Crippen LogP) is 2.11. The molecule has 0 fully saturated rings. The van der Waals surface area contributed by atoms with Crippen LogP contribution in [-0.2, 0) is 0 Å². The summed E-state index contributed by atoms with van der Waals surface area (Å²) < 4.78 is 0. The number of carbonyl (C=O) groups excluding carboxylic acids is 2. The third-order valence-electron chi connectivity index (χ3n) is 3.45. The van der Waals surface area contributed by atoms with Crippen molar-refractivity contribution in [2.45, 2.75) is 38.8 Å². The lowest BCUT2D eigenvalue weighted by Gasteiger charge is -2.37. The highest BCUT2D eigenvalue weighted by molar-refractivity contribution is 6.34. The molecular formula is C14H20ClN3O3. The summed E-state index contributed by atoms with van der Waals surface area (Å²) in [5.74, 6) is -0.640. The maximum absolute atomic E-state index is 11.9. The zero-order chi connectivity index (χ0) is 16.4. The van der Waals surface area contributed by atoms with E-state index in [2.05, 4.69) is 10.6 Å². The van der Waals surface area contributed by atoms with Crippen molar-refractivity contribution in [3.8, 4) is 0 Å². The second-order valence-corrected chi connectivity index (χ2v) is 6.23. The molecule has 0 unspecified atom stereocenters. The average molecular weight is 314 g/mol. The third kappa shape index (κ3) is 4.34. The molecule has 0 aromatic heterocycles. The van der Waals surface area contributed by atoms with E-state index in [1.165, 1.54) is 18.2 Å². The number of hydrogen-bond donors (Lipinski definition) is 4. The molecule has 7 heteroatoms. The van der Waals surface area contributed by atoms with E-state index in [0.717, 1.165) is 0 Å². The molecule has 3 amide bonds. The molecule has 21 heavy (non-hydrogen) atoms. The van der Waals surface area contributed by atoms with Crippen LogP contribution >= 0.6 is 11.6 Å². The van der Waals surface area contributed by atoms with Gasteiger partial charge in [0.2, 0.25) is 5.91 Å². The lowest BCUT2D eigenvalue weighted by Crippen LogP contribution is -2.58. The Bertz CT molecular complexity index is 565. The number of benzene rings is 1. The van der Waals surface area contributed by atoms with Gasteiger partial charge in [0.1, 0.15) is 0 Å². The molecule has 0 bridgehead atoms. The molecule has 0 spiro atoms. The van der Waals surface area contributed by atoms with E-state index in [-0.39, 0.29) is 10.6 Å². The van der Waals surface area contributed by atoms with Crippen LogP contribution < -0.4 is 16.4 Å². The zero-order valence-corrected chi connectivity index (χ0v) is 13.2. The SMILES string of the molecule is CC(C)(O)C(C)(C)NC(=O)Nc1ccc(C(N)=O)c(Cl)c1. The lowest BCUT2D eigenvalue weighted by atomic mass is 9.86. The van der Waals surface area contributed by atoms with Crippen molar-refractivity contribution in [3.63, 3.8) is 0 Å². The molecule has 6 nitrogen and oxygen atoms in total. The standard InChI is InChI=1S/C14H20ClN3O3/c1-13(2,14(3,4)21)18-12(20)17-8-5-6-9(11(16)19)10(15)7-8/h5-7,21H,1-4H3,(H2,16,19)(H2,17,18,20). The van der Waals surface area contributed by atoms with E-state index in [0.29, 0.717) is 5.69 Å². The number of anilines is 1. The van der Waals surface area contributed by atoms with Gasteiger partial charge in [0.25, 0.3) is 0 Å². The summed E-state index contributed by atoms with van der Waals surface area (Å²) in [6.07, 6.45) is 0. The molecule has 1 aromatic rings. The molecule has 0 aliphatic heterocycles. The first kappa shape index (κ1) is 17.3. The maximum atomic E-state index is 11.9. The number of amides is 3. The third-order valence-corrected chi connectivity index (χ3v) is 3.76. The van der Waals surface area contributed by atoms with Gasteiger partial charge in [-0.25, -0.2) is 4.79 Å². The topological polar surface area (TPSA) is 104 Å². The van der Waals surface area contributed by atoms with Crippen LogP contribution in [0.5, 0.6) is 0 Å². The number of nitrogens with one attached hydrogen (secondary N) is 2. The molecule has 116 valence electrons. The van der Waals surface area contributed by atoms with Crippen molar-refractivity contribution >= 4 is 29.2 Å². The lowest BCUT2D eigenvalue weighted by molar-refractivity contribution is 0.00184. The molecule has 0 saturated carbocycles. The normalized spacial score (nSPS) is 11.9. The fourth-order valence-corrected chi connectivity index (χ4v) is 1.67. The summed E-state index contributed by atoms with van der Waals surface area (Å²) >= 11 is 5.90. The van der Waals surface area contributed by atoms with E-state index in [1.54, 1.807) is 27.7 Å². The second kappa shape index (κ2) is 5.91. The molecule has 1 aromatic carbocycles. The van der Waals surface area contributed by atoms with E-state index < -0.39 is 23.1 Å². The second-order valence-electron chi connectivity index (χ2n) is 5.82. The van der Waals surface area contributed by atoms with Crippen LogP contribution in [0, 0.1) is 0 Å². The number of primary amides is 1. The van der Waals surface area contributed by atoms with Crippen LogP contribution in [-0.4, -0.2) is 28.2 Å². The first-order valence-electron chi connectivity index (χ1n) is 6.35. The summed E-state index contributed by atoms with van der Waals surface area (Å²) in [5.41, 5.74) is 3.80. The van der Waals surface area contributed by atoms with Crippen LogP contribution in [0.4, 0.5) is 10.5 Å². The van der Waals surface area contributed by atoms with Crippen molar-refractivity contribution in [1.29, 1.82) is 0 Å². The smallest absolute Gasteiger partial charge is 0.319 e. The molecular weight excluding hydrogens is 294 g/mol. The van der Waals surface area contributed by atoms with Gasteiger partial charge in [0, 0.05) is 5.69 Å². The van der Waals surface area contributed by atoms with Gasteiger partial charge in [-0.3, -0.25) is 4.79 Å². The van der Waals surface area contributed by atoms with E-state index in [4.69, 9.17) is 17.3 Å². The van der Waals surface area contributed by atoms with Crippen LogP contribution in [0.15, 0.2) is 18.2 Å². The Morgan fingerprint density at radius 2 is 1.81 bits per heavy atom. The van der Waals surface area contributed by atoms with Gasteiger partial charge >= 0.3 is 6.03 Å². The predicted molar refractivity (Wildman–Crippen MR) is 82.5 cm³/mol. The van der Waals surface area contributed by atoms with Crippen molar-refractivity contribution in [3.05, 3.63) is 28.8 Å². The fourth-order valence-electron chi connectivity index (χ4n) is 1.39. The molecule has 1 rings (SSSR count). The van der Waals surface area contributed by atoms with Gasteiger partial charge in [-0.05, 0) is 45.9 Å². The number of hydrogen-bond acceptors (Lipinski definition) is 3. The van der Waals surface area contributed by atoms with Crippen molar-refractivity contribution in [2.75, 3.05) is 5.32 Å². The number of nitrogens with two attached hydrogens (primary N) is 1. The minimum Gasteiger partial charge on any atom is -0.388 e. The number of urea groups is 1. The molecule has 0 saturated heterocycles. The molecule has 0 heterocycles. The maximum Gasteiger partial charge on any atom is 0.319 e. The van der Waals surface area contributed by atoms with Gasteiger partial charge in [0.15, 0.2) is 0 Å². The Balaban J connectivity index is 2.81. The summed E-state index contributed by atoms with van der Waals surface area (Å²) in [6.45, 7) is 6.61. The van der Waals surface area contributed by atoms with Gasteiger partial charge in [0.05, 0.1) is 21.7 Å². The van der Waals surface area contributed by atoms with Crippen LogP contribution in [0.2, 0.25) is 5.02 Å². The minimum atomic E-state index is -1.10. The number of carbonyl (C=O) groups is 2. The van der Waals surface area contributed by atoms with Crippen LogP contribution in [0.1, 0.15) is 38.1 Å². The molecule has 0 aliphatic rings. The Hall–Kier alpha value is -1.79. The highest BCUT2D eigenvalue weighted by Gasteiger charge is 2.36. The number of aliphatic hydroxyl groups is 1. The molecule has 5 N–H and O–H groups in total. The van der Waals surface area contributed by atoms with Crippen molar-refractivity contribution in [1.82, 2.24) is 5.32 Å². The van der Waals surface area contributed by atoms with Crippen molar-refractivity contribution in [2.24, 2.45) is 5.73 Å². The molecule has 0 atom stereocenters. The van der Waals surface area contributed by atoms with E-state index in [9.17, 15) is 14.7 Å². The monoisotopic (exact) mass is 313 g/mol. The fraction of sp³-hybridized carbons (Fsp3) is 0.429. The highest BCUT2D eigenvalue weighted by atomic mass is 35.5. The zero-order valence-electron chi connectivity index (χ0n) is 12.5. The van der Waals surface area contributed by atoms with Crippen molar-refractivity contribution < 1.29 is 14.7 Å². The molecule has 0 radical (unpaired) electrons. The Labute approximate surface area is 128 Å². The quantitative estimate of drug-likeness (QED) is 0.684. The Morgan fingerprint density at radius 3 is 2.24 bits per heavy atom. The number of halogens is 1. The summed E-state index contributed by atoms with van der Waals surface area (Å²) in [7, 11) is 0. The minimum absolute atomic E-state index is 0.155. The summed E-state index contributed by atoms with van der Waals surface area (Å²) in [4.78, 5) is 23.0. The largest absolute Gasteiger partial charge is 0.388 e. The van der Waals surface area contributed by atoms with E-state index in [1.807, 2.05) is 0 Å². The first-order valence-corrected chi connectivity index (χ1v) is 6.73. The van der Waals surface area contributed by atoms with Gasteiger partial charge in [-0.2, -0.15) is 0 Å². The Kier molecular flexibility index (Phi) is 4.86. The van der Waals surface area contributed by atoms with Gasteiger partial charge in [-0.15, -0.1) is 0 Å². The summed E-state index contributed by atoms with van der Waals surface area (Å²) in [5, 5.41) is 15.4. The summed E-state index contributed by atoms with van der Waals surface area (Å²) in [6, 6.07) is 3.88. The number of rotatable bonds is 4. The first-order chi connectivity index (χ1) is 9.44. The van der Waals surface area contributed by atoms with Crippen LogP contribution in [0.25, 0.3) is 0 Å². The van der Waals surface area contributed by atoms with Gasteiger partial charge in [-0.1, -0.05) is 11.6 Å². The highest BCUT2D eigenvalue weighted by Crippen LogP contribution is 2.22. The Morgan fingerprint density at radius 1 is 1.24 bits per heavy atom. The van der Waals surface area contributed by atoms with E-state index >= 15 is 0 Å². The van der Waals surface area contributed by atoms with Crippen LogP contribution in [0.3, 0.4) is 0 Å². The average Bonchev–Trinajstić information content (AvgIpc) is 2.25. The molecule has 0 aliphatic carbocycles.